The highest BCUT2D eigenvalue weighted by Crippen LogP contribution is 2.51. The van der Waals surface area contributed by atoms with E-state index >= 15 is 0 Å². The van der Waals surface area contributed by atoms with Crippen LogP contribution in [0.5, 0.6) is 11.5 Å². The van der Waals surface area contributed by atoms with Gasteiger partial charge < -0.3 is 15.2 Å². The second kappa shape index (κ2) is 7.92. The predicted molar refractivity (Wildman–Crippen MR) is 123 cm³/mol. The minimum absolute atomic E-state index is 0.136. The van der Waals surface area contributed by atoms with Gasteiger partial charge in [-0.2, -0.15) is 4.39 Å². The molecule has 0 radical (unpaired) electrons. The number of hydrogen-bond acceptors (Lipinski definition) is 6. The molecule has 4 aromatic rings. The van der Waals surface area contributed by atoms with E-state index in [0.29, 0.717) is 45.0 Å². The first-order valence-electron chi connectivity index (χ1n) is 10.8. The number of nitrogens with zero attached hydrogens (tertiary/aromatic N) is 3. The molecule has 2 aromatic heterocycles. The number of pyridine rings is 2. The molecule has 1 spiro atoms. The van der Waals surface area contributed by atoms with Crippen molar-refractivity contribution < 1.29 is 22.6 Å². The lowest BCUT2D eigenvalue weighted by Crippen LogP contribution is -2.42. The maximum Gasteiger partial charge on any atom is 0.220 e. The van der Waals surface area contributed by atoms with E-state index in [0.717, 1.165) is 12.1 Å². The van der Waals surface area contributed by atoms with Crippen molar-refractivity contribution in [2.75, 3.05) is 13.2 Å². The number of benzene rings is 2. The van der Waals surface area contributed by atoms with E-state index in [-0.39, 0.29) is 19.0 Å². The number of halogens is 3. The monoisotopic (exact) mass is 474 g/mol. The summed E-state index contributed by atoms with van der Waals surface area (Å²) in [6.07, 6.45) is 2.89. The van der Waals surface area contributed by atoms with Gasteiger partial charge in [0.25, 0.3) is 0 Å². The normalized spacial score (nSPS) is 18.4. The number of aromatic nitrogens is 2. The zero-order valence-electron chi connectivity index (χ0n) is 18.1. The van der Waals surface area contributed by atoms with Gasteiger partial charge in [-0.05, 0) is 54.1 Å². The Bertz CT molecular complexity index is 1520. The van der Waals surface area contributed by atoms with Gasteiger partial charge >= 0.3 is 0 Å². The maximum atomic E-state index is 14.5. The van der Waals surface area contributed by atoms with E-state index < -0.39 is 23.1 Å². The Hall–Kier alpha value is -4.24. The largest absolute Gasteiger partial charge is 0.455 e. The van der Waals surface area contributed by atoms with Crippen molar-refractivity contribution in [2.24, 2.45) is 10.7 Å². The molecule has 0 bridgehead atoms. The molecule has 174 valence electrons. The van der Waals surface area contributed by atoms with Crippen molar-refractivity contribution in [1.82, 2.24) is 9.97 Å². The molecular formula is C26H17F3N4O2. The molecule has 0 unspecified atom stereocenters. The van der Waals surface area contributed by atoms with Gasteiger partial charge in [0.2, 0.25) is 5.95 Å². The maximum absolute atomic E-state index is 14.5. The minimum atomic E-state index is -1.11. The van der Waals surface area contributed by atoms with Crippen molar-refractivity contribution in [1.29, 1.82) is 0 Å². The highest BCUT2D eigenvalue weighted by molar-refractivity contribution is 5.84. The Balaban J connectivity index is 1.57. The quantitative estimate of drug-likeness (QED) is 0.415. The van der Waals surface area contributed by atoms with Gasteiger partial charge in [-0.15, -0.1) is 0 Å². The molecule has 4 heterocycles. The van der Waals surface area contributed by atoms with Crippen molar-refractivity contribution in [3.63, 3.8) is 0 Å². The lowest BCUT2D eigenvalue weighted by molar-refractivity contribution is 0.110. The summed E-state index contributed by atoms with van der Waals surface area (Å²) >= 11 is 0. The second-order valence-electron chi connectivity index (χ2n) is 8.31. The van der Waals surface area contributed by atoms with Crippen LogP contribution in [0.1, 0.15) is 11.1 Å². The topological polar surface area (TPSA) is 82.6 Å². The van der Waals surface area contributed by atoms with Gasteiger partial charge in [0.15, 0.2) is 17.4 Å². The lowest BCUT2D eigenvalue weighted by Gasteiger charge is -2.39. The van der Waals surface area contributed by atoms with Gasteiger partial charge in [0.05, 0.1) is 18.5 Å². The number of aliphatic imine (C=N–C) groups is 1. The summed E-state index contributed by atoms with van der Waals surface area (Å²) in [7, 11) is 0. The molecular weight excluding hydrogens is 457 g/mol. The number of nitrogens with two attached hydrogens (primary N) is 1. The highest BCUT2D eigenvalue weighted by atomic mass is 19.2. The molecule has 0 aliphatic carbocycles. The molecule has 2 aliphatic rings. The summed E-state index contributed by atoms with van der Waals surface area (Å²) in [5, 5.41) is 0. The summed E-state index contributed by atoms with van der Waals surface area (Å²) in [6.45, 7) is 0.294. The fourth-order valence-corrected chi connectivity index (χ4v) is 4.52. The fourth-order valence-electron chi connectivity index (χ4n) is 4.52. The first-order valence-corrected chi connectivity index (χ1v) is 10.8. The molecule has 0 fully saturated rings. The van der Waals surface area contributed by atoms with Crippen LogP contribution in [-0.2, 0) is 10.3 Å². The van der Waals surface area contributed by atoms with Crippen LogP contribution in [0, 0.1) is 17.6 Å². The van der Waals surface area contributed by atoms with Crippen LogP contribution in [-0.4, -0.2) is 29.0 Å². The Kier molecular flexibility index (Phi) is 4.82. The Labute approximate surface area is 197 Å². The molecule has 6 rings (SSSR count). The molecule has 0 saturated heterocycles. The van der Waals surface area contributed by atoms with E-state index in [1.165, 1.54) is 18.5 Å². The SMILES string of the molecule is NC1=N[C@@]2(COC1)c1cc(-c3cccnc3F)ccc1Oc1cnc(-c3ccc(F)c(F)c3)cc12. The van der Waals surface area contributed by atoms with E-state index in [2.05, 4.69) is 9.97 Å². The number of amidine groups is 1. The average Bonchev–Trinajstić information content (AvgIpc) is 2.86. The minimum Gasteiger partial charge on any atom is -0.455 e. The molecule has 2 aromatic carbocycles. The van der Waals surface area contributed by atoms with Crippen LogP contribution >= 0.6 is 0 Å². The van der Waals surface area contributed by atoms with Gasteiger partial charge in [0.1, 0.15) is 23.7 Å². The summed E-state index contributed by atoms with van der Waals surface area (Å²) in [6, 6.07) is 13.8. The van der Waals surface area contributed by atoms with E-state index in [9.17, 15) is 13.2 Å². The van der Waals surface area contributed by atoms with Crippen molar-refractivity contribution >= 4 is 5.84 Å². The van der Waals surface area contributed by atoms with Gasteiger partial charge in [-0.1, -0.05) is 6.07 Å². The molecule has 2 N–H and O–H groups in total. The van der Waals surface area contributed by atoms with E-state index in [4.69, 9.17) is 20.2 Å². The average molecular weight is 474 g/mol. The number of ether oxygens (including phenoxy) is 2. The van der Waals surface area contributed by atoms with E-state index in [1.807, 2.05) is 0 Å². The zero-order chi connectivity index (χ0) is 24.2. The zero-order valence-corrected chi connectivity index (χ0v) is 18.1. The van der Waals surface area contributed by atoms with Crippen molar-refractivity contribution in [2.45, 2.75) is 5.54 Å². The molecule has 0 amide bonds. The Morgan fingerprint density at radius 2 is 1.69 bits per heavy atom. The summed E-state index contributed by atoms with van der Waals surface area (Å²) in [5.41, 5.74) is 7.89. The van der Waals surface area contributed by atoms with Crippen LogP contribution < -0.4 is 10.5 Å². The van der Waals surface area contributed by atoms with Crippen LogP contribution in [0.15, 0.2) is 72.0 Å². The Morgan fingerprint density at radius 3 is 2.49 bits per heavy atom. The molecule has 0 saturated carbocycles. The third-order valence-corrected chi connectivity index (χ3v) is 6.14. The molecule has 9 heteroatoms. The van der Waals surface area contributed by atoms with Crippen molar-refractivity contribution in [3.05, 3.63) is 95.7 Å². The molecule has 6 nitrogen and oxygen atoms in total. The van der Waals surface area contributed by atoms with Gasteiger partial charge in [-0.25, -0.2) is 13.8 Å². The van der Waals surface area contributed by atoms with E-state index in [1.54, 1.807) is 36.4 Å². The first-order chi connectivity index (χ1) is 16.9. The smallest absolute Gasteiger partial charge is 0.220 e. The number of fused-ring (bicyclic) bond motifs is 4. The second-order valence-corrected chi connectivity index (χ2v) is 8.31. The highest BCUT2D eigenvalue weighted by Gasteiger charge is 2.45. The van der Waals surface area contributed by atoms with Crippen LogP contribution in [0.2, 0.25) is 0 Å². The summed E-state index contributed by atoms with van der Waals surface area (Å²) in [5.74, 6) is -1.34. The molecule has 35 heavy (non-hydrogen) atoms. The third kappa shape index (κ3) is 3.43. The summed E-state index contributed by atoms with van der Waals surface area (Å²) in [4.78, 5) is 12.9. The Morgan fingerprint density at radius 1 is 0.857 bits per heavy atom. The predicted octanol–water partition coefficient (Wildman–Crippen LogP) is 4.96. The fraction of sp³-hybridized carbons (Fsp3) is 0.115. The van der Waals surface area contributed by atoms with Gasteiger partial charge in [0, 0.05) is 28.5 Å². The van der Waals surface area contributed by atoms with Crippen LogP contribution in [0.3, 0.4) is 0 Å². The van der Waals surface area contributed by atoms with Crippen LogP contribution in [0.25, 0.3) is 22.4 Å². The molecule has 2 aliphatic heterocycles. The lowest BCUT2D eigenvalue weighted by atomic mass is 9.79. The number of hydrogen-bond donors (Lipinski definition) is 1. The van der Waals surface area contributed by atoms with Gasteiger partial charge in [-0.3, -0.25) is 9.98 Å². The number of rotatable bonds is 2. The van der Waals surface area contributed by atoms with Crippen molar-refractivity contribution in [3.8, 4) is 33.9 Å². The van der Waals surface area contributed by atoms with Crippen LogP contribution in [0.4, 0.5) is 13.2 Å². The third-order valence-electron chi connectivity index (χ3n) is 6.14. The molecule has 1 atom stereocenters. The first kappa shape index (κ1) is 21.3. The standard InChI is InChI=1S/C26H17F3N4O2/c27-19-5-3-15(9-20(19)28)21-10-18-23(11-32-21)35-22-6-4-14(16-2-1-7-31-25(16)29)8-17(22)26(18)13-34-12-24(30)33-26/h1-11H,12-13H2,(H2,30,33)/t26-/m0/s1. The summed E-state index contributed by atoms with van der Waals surface area (Å²) < 4.78 is 53.8.